The summed E-state index contributed by atoms with van der Waals surface area (Å²) in [5, 5.41) is 14.2. The molecule has 0 unspecified atom stereocenters. The molecule has 1 amide bonds. The lowest BCUT2D eigenvalue weighted by Gasteiger charge is -2.34. The van der Waals surface area contributed by atoms with Gasteiger partial charge in [0.05, 0.1) is 12.3 Å². The number of aromatic nitrogens is 2. The Morgan fingerprint density at radius 2 is 2.24 bits per heavy atom. The Morgan fingerprint density at radius 1 is 1.48 bits per heavy atom. The second kappa shape index (κ2) is 5.13. The van der Waals surface area contributed by atoms with Gasteiger partial charge in [-0.1, -0.05) is 6.92 Å². The molecular weight excluding hydrogens is 266 g/mol. The summed E-state index contributed by atoms with van der Waals surface area (Å²) in [6, 6.07) is 2.36. The van der Waals surface area contributed by atoms with Crippen molar-refractivity contribution in [2.24, 2.45) is 5.41 Å². The van der Waals surface area contributed by atoms with Crippen LogP contribution in [-0.4, -0.2) is 44.4 Å². The number of aliphatic hydroxyl groups excluding tert-OH is 1. The van der Waals surface area contributed by atoms with Gasteiger partial charge in [0.1, 0.15) is 5.69 Å². The quantitative estimate of drug-likeness (QED) is 0.923. The number of aliphatic hydroxyl groups is 1. The van der Waals surface area contributed by atoms with Crippen molar-refractivity contribution in [3.8, 4) is 0 Å². The van der Waals surface area contributed by atoms with Gasteiger partial charge in [-0.25, -0.2) is 0 Å². The topological polar surface area (TPSA) is 58.4 Å². The zero-order chi connectivity index (χ0) is 15.2. The molecule has 0 aliphatic carbocycles. The van der Waals surface area contributed by atoms with Crippen molar-refractivity contribution in [2.45, 2.75) is 65.1 Å². The maximum Gasteiger partial charge on any atom is 0.272 e. The first-order chi connectivity index (χ1) is 10.1. The maximum atomic E-state index is 13.0. The fraction of sp³-hybridized carbons (Fsp3) is 0.750. The summed E-state index contributed by atoms with van der Waals surface area (Å²) in [4.78, 5) is 15.0. The number of hydrogen-bond donors (Lipinski definition) is 1. The van der Waals surface area contributed by atoms with Crippen LogP contribution in [0.3, 0.4) is 0 Å². The number of nitrogens with zero attached hydrogens (tertiary/aromatic N) is 3. The van der Waals surface area contributed by atoms with E-state index in [1.54, 1.807) is 4.68 Å². The van der Waals surface area contributed by atoms with Crippen LogP contribution in [0.25, 0.3) is 0 Å². The van der Waals surface area contributed by atoms with Crippen LogP contribution in [0.5, 0.6) is 0 Å². The van der Waals surface area contributed by atoms with Crippen molar-refractivity contribution in [2.75, 3.05) is 6.61 Å². The summed E-state index contributed by atoms with van der Waals surface area (Å²) in [5.74, 6) is 0.0914. The molecule has 3 rings (SSSR count). The number of hydrogen-bond acceptors (Lipinski definition) is 3. The first-order valence-corrected chi connectivity index (χ1v) is 8.04. The molecule has 3 heterocycles. The lowest BCUT2D eigenvalue weighted by atomic mass is 9.72. The van der Waals surface area contributed by atoms with Crippen molar-refractivity contribution in [1.29, 1.82) is 0 Å². The molecule has 0 radical (unpaired) electrons. The Balaban J connectivity index is 1.92. The van der Waals surface area contributed by atoms with Crippen molar-refractivity contribution in [3.63, 3.8) is 0 Å². The Labute approximate surface area is 125 Å². The summed E-state index contributed by atoms with van der Waals surface area (Å²) >= 11 is 0. The molecule has 2 aliphatic rings. The molecule has 0 spiro atoms. The highest BCUT2D eigenvalue weighted by Crippen LogP contribution is 2.51. The van der Waals surface area contributed by atoms with Crippen LogP contribution in [0.15, 0.2) is 6.07 Å². The van der Waals surface area contributed by atoms with Gasteiger partial charge in [0, 0.05) is 24.0 Å². The molecule has 1 aromatic rings. The third-order valence-corrected chi connectivity index (χ3v) is 5.53. The van der Waals surface area contributed by atoms with Crippen molar-refractivity contribution in [3.05, 3.63) is 17.5 Å². The highest BCUT2D eigenvalue weighted by atomic mass is 16.3. The normalized spacial score (nSPS) is 31.1. The van der Waals surface area contributed by atoms with Gasteiger partial charge in [0.25, 0.3) is 5.91 Å². The summed E-state index contributed by atoms with van der Waals surface area (Å²) in [6.07, 6.45) is 3.96. The lowest BCUT2D eigenvalue weighted by molar-refractivity contribution is 0.0548. The van der Waals surface area contributed by atoms with Crippen molar-refractivity contribution >= 4 is 5.91 Å². The number of aryl methyl sites for hydroxylation is 2. The second-order valence-electron chi connectivity index (χ2n) is 6.52. The van der Waals surface area contributed by atoms with Gasteiger partial charge >= 0.3 is 0 Å². The van der Waals surface area contributed by atoms with Crippen molar-refractivity contribution in [1.82, 2.24) is 14.7 Å². The molecule has 3 atom stereocenters. The molecule has 5 heteroatoms. The molecule has 116 valence electrons. The highest BCUT2D eigenvalue weighted by molar-refractivity contribution is 5.93. The molecule has 2 aliphatic heterocycles. The predicted octanol–water partition coefficient (Wildman–Crippen LogP) is 1.98. The van der Waals surface area contributed by atoms with Gasteiger partial charge in [-0.3, -0.25) is 9.48 Å². The van der Waals surface area contributed by atoms with Gasteiger partial charge < -0.3 is 10.0 Å². The van der Waals surface area contributed by atoms with E-state index in [4.69, 9.17) is 0 Å². The average molecular weight is 291 g/mol. The van der Waals surface area contributed by atoms with Gasteiger partial charge in [-0.2, -0.15) is 5.10 Å². The van der Waals surface area contributed by atoms with Crippen LogP contribution < -0.4 is 0 Å². The number of carbonyl (C=O) groups is 1. The SMILES string of the molecule is CCn1nc(C)cc1C(=O)N1[C@@H]2CC[C@H]1[C@@](CC)(CO)C2. The molecule has 2 bridgehead atoms. The van der Waals surface area contributed by atoms with E-state index in [-0.39, 0.29) is 30.0 Å². The summed E-state index contributed by atoms with van der Waals surface area (Å²) in [6.45, 7) is 6.94. The van der Waals surface area contributed by atoms with Gasteiger partial charge in [-0.15, -0.1) is 0 Å². The lowest BCUT2D eigenvalue weighted by Crippen LogP contribution is -2.42. The maximum absolute atomic E-state index is 13.0. The molecule has 1 aromatic heterocycles. The van der Waals surface area contributed by atoms with Crippen LogP contribution in [0.4, 0.5) is 0 Å². The highest BCUT2D eigenvalue weighted by Gasteiger charge is 2.56. The minimum atomic E-state index is -0.0926. The van der Waals surface area contributed by atoms with E-state index >= 15 is 0 Å². The Hall–Kier alpha value is -1.36. The van der Waals surface area contributed by atoms with E-state index in [0.717, 1.165) is 31.4 Å². The third-order valence-electron chi connectivity index (χ3n) is 5.53. The fourth-order valence-corrected chi connectivity index (χ4v) is 4.35. The predicted molar refractivity (Wildman–Crippen MR) is 80.0 cm³/mol. The molecule has 1 N–H and O–H groups in total. The standard InChI is InChI=1S/C16H25N3O2/c1-4-16(10-20)9-12-6-7-14(16)19(12)15(21)13-8-11(3)17-18(13)5-2/h8,12,14,20H,4-7,9-10H2,1-3H3/t12-,14+,16-/m1/s1. The fourth-order valence-electron chi connectivity index (χ4n) is 4.35. The van der Waals surface area contributed by atoms with E-state index in [2.05, 4.69) is 12.0 Å². The summed E-state index contributed by atoms with van der Waals surface area (Å²) in [7, 11) is 0. The van der Waals surface area contributed by atoms with E-state index < -0.39 is 0 Å². The smallest absolute Gasteiger partial charge is 0.272 e. The van der Waals surface area contributed by atoms with E-state index in [0.29, 0.717) is 12.2 Å². The molecule has 2 fully saturated rings. The zero-order valence-corrected chi connectivity index (χ0v) is 13.2. The van der Waals surface area contributed by atoms with E-state index in [1.165, 1.54) is 0 Å². The minimum absolute atomic E-state index is 0.0914. The summed E-state index contributed by atoms with van der Waals surface area (Å²) < 4.78 is 1.79. The Kier molecular flexibility index (Phi) is 3.56. The van der Waals surface area contributed by atoms with Crippen LogP contribution in [0.1, 0.15) is 55.7 Å². The van der Waals surface area contributed by atoms with Gasteiger partial charge in [-0.05, 0) is 45.6 Å². The van der Waals surface area contributed by atoms with Crippen molar-refractivity contribution < 1.29 is 9.90 Å². The van der Waals surface area contributed by atoms with Crippen LogP contribution in [0, 0.1) is 12.3 Å². The summed E-state index contributed by atoms with van der Waals surface area (Å²) in [5.41, 5.74) is 1.48. The van der Waals surface area contributed by atoms with Crippen LogP contribution >= 0.6 is 0 Å². The molecule has 0 aromatic carbocycles. The molecular formula is C16H25N3O2. The van der Waals surface area contributed by atoms with E-state index in [9.17, 15) is 9.90 Å². The number of carbonyl (C=O) groups excluding carboxylic acids is 1. The largest absolute Gasteiger partial charge is 0.396 e. The number of fused-ring (bicyclic) bond motifs is 2. The second-order valence-corrected chi connectivity index (χ2v) is 6.52. The Bertz CT molecular complexity index is 548. The first-order valence-electron chi connectivity index (χ1n) is 8.04. The monoisotopic (exact) mass is 291 g/mol. The number of amides is 1. The third kappa shape index (κ3) is 2.01. The first kappa shape index (κ1) is 14.6. The van der Waals surface area contributed by atoms with E-state index in [1.807, 2.05) is 24.8 Å². The molecule has 0 saturated carbocycles. The van der Waals surface area contributed by atoms with Crippen LogP contribution in [0.2, 0.25) is 0 Å². The zero-order valence-electron chi connectivity index (χ0n) is 13.2. The molecule has 2 saturated heterocycles. The van der Waals surface area contributed by atoms with Gasteiger partial charge in [0.2, 0.25) is 0 Å². The molecule has 5 nitrogen and oxygen atoms in total. The number of rotatable bonds is 4. The van der Waals surface area contributed by atoms with Gasteiger partial charge in [0.15, 0.2) is 0 Å². The average Bonchev–Trinajstić information content (AvgIpc) is 3.16. The molecule has 21 heavy (non-hydrogen) atoms. The minimum Gasteiger partial charge on any atom is -0.396 e. The Morgan fingerprint density at radius 3 is 2.81 bits per heavy atom. The van der Waals surface area contributed by atoms with Crippen LogP contribution in [-0.2, 0) is 6.54 Å².